The number of phenolic OH excluding ortho intramolecular Hbond substituents is 1. The van der Waals surface area contributed by atoms with Crippen LogP contribution >= 0.6 is 0 Å². The monoisotopic (exact) mass is 461 g/mol. The molecule has 2 N–H and O–H groups in total. The van der Waals surface area contributed by atoms with E-state index in [1.807, 2.05) is 44.2 Å². The number of ether oxygens (including phenoxy) is 1. The zero-order valence-electron chi connectivity index (χ0n) is 20.4. The zero-order chi connectivity index (χ0) is 23.8. The molecule has 2 aromatic carbocycles. The molecule has 6 atom stereocenters. The molecule has 2 aliphatic carbocycles. The highest BCUT2D eigenvalue weighted by molar-refractivity contribution is 5.89. The Morgan fingerprint density at radius 1 is 1.29 bits per heavy atom. The number of phenols is 1. The lowest BCUT2D eigenvalue weighted by Crippen LogP contribution is -2.66. The normalized spacial score (nSPS) is 32.0. The topological polar surface area (TPSA) is 70.0 Å². The number of aromatic hydroxyl groups is 1. The largest absolute Gasteiger partial charge is 0.504 e. The third kappa shape index (κ3) is 2.77. The van der Waals surface area contributed by atoms with Crippen LogP contribution in [-0.2, 0) is 22.2 Å². The van der Waals surface area contributed by atoms with Crippen LogP contribution in [-0.4, -0.2) is 46.1 Å². The predicted octanol–water partition coefficient (Wildman–Crippen LogP) is 4.42. The third-order valence-corrected chi connectivity index (χ3v) is 9.55. The number of likely N-dealkylation sites (tertiary alicyclic amines) is 1. The van der Waals surface area contributed by atoms with Crippen molar-refractivity contribution in [1.82, 2.24) is 4.90 Å². The van der Waals surface area contributed by atoms with Crippen LogP contribution < -0.4 is 4.74 Å². The molecule has 3 unspecified atom stereocenters. The number of ketones is 1. The quantitative estimate of drug-likeness (QED) is 0.690. The van der Waals surface area contributed by atoms with Crippen LogP contribution in [0.1, 0.15) is 74.6 Å². The lowest BCUT2D eigenvalue weighted by molar-refractivity contribution is -0.138. The van der Waals surface area contributed by atoms with Crippen LogP contribution in [0.25, 0.3) is 0 Å². The Labute approximate surface area is 201 Å². The van der Waals surface area contributed by atoms with Crippen LogP contribution in [0, 0.1) is 5.92 Å². The minimum Gasteiger partial charge on any atom is -0.504 e. The van der Waals surface area contributed by atoms with Crippen molar-refractivity contribution < 1.29 is 19.7 Å². The van der Waals surface area contributed by atoms with Gasteiger partial charge in [-0.3, -0.25) is 9.69 Å². The van der Waals surface area contributed by atoms with E-state index in [2.05, 4.69) is 17.9 Å². The van der Waals surface area contributed by atoms with Gasteiger partial charge in [-0.1, -0.05) is 50.2 Å². The maximum atomic E-state index is 13.1. The van der Waals surface area contributed by atoms with Gasteiger partial charge in [-0.2, -0.15) is 0 Å². The van der Waals surface area contributed by atoms with Gasteiger partial charge >= 0.3 is 0 Å². The van der Waals surface area contributed by atoms with E-state index >= 15 is 0 Å². The SMILES string of the molecule is CCCN1CC[C@]23c4c5cc(C(C)C(C)(O)c6ccccc6)c(O)c4OC2C(=O)CC[C@H]3[C@H]1C5. The van der Waals surface area contributed by atoms with Crippen LogP contribution in [0.15, 0.2) is 36.4 Å². The number of Topliss-reactive ketones (excluding diaryl/α,β-unsaturated/α-hetero) is 1. The molecule has 1 saturated heterocycles. The maximum absolute atomic E-state index is 13.1. The molecule has 1 spiro atoms. The van der Waals surface area contributed by atoms with E-state index in [0.717, 1.165) is 49.9 Å². The van der Waals surface area contributed by atoms with Gasteiger partial charge < -0.3 is 14.9 Å². The van der Waals surface area contributed by atoms with Crippen molar-refractivity contribution in [2.45, 2.75) is 82.0 Å². The first-order valence-electron chi connectivity index (χ1n) is 12.9. The van der Waals surface area contributed by atoms with Crippen molar-refractivity contribution in [3.63, 3.8) is 0 Å². The van der Waals surface area contributed by atoms with Crippen LogP contribution in [0.2, 0.25) is 0 Å². The molecule has 5 nitrogen and oxygen atoms in total. The van der Waals surface area contributed by atoms with E-state index in [1.165, 1.54) is 5.56 Å². The summed E-state index contributed by atoms with van der Waals surface area (Å²) in [6.45, 7) is 8.05. The number of nitrogens with zero attached hydrogens (tertiary/aromatic N) is 1. The van der Waals surface area contributed by atoms with Crippen molar-refractivity contribution in [3.8, 4) is 11.5 Å². The standard InChI is InChI=1S/C29H35NO4/c1-4-13-30-14-12-29-21-10-11-23(31)27(29)34-26-24(29)18(16-22(21)30)15-20(25(26)32)17(2)28(3,33)19-8-6-5-7-9-19/h5-9,15,17,21-22,27,32-33H,4,10-14,16H2,1-3H3/t17?,21-,22+,27?,28?,29-/m0/s1. The Bertz CT molecular complexity index is 1140. The van der Waals surface area contributed by atoms with Crippen molar-refractivity contribution >= 4 is 5.78 Å². The van der Waals surface area contributed by atoms with E-state index in [4.69, 9.17) is 4.74 Å². The predicted molar refractivity (Wildman–Crippen MR) is 130 cm³/mol. The first-order chi connectivity index (χ1) is 16.3. The molecule has 2 heterocycles. The lowest BCUT2D eigenvalue weighted by Gasteiger charge is -2.57. The highest BCUT2D eigenvalue weighted by Crippen LogP contribution is 2.64. The fourth-order valence-electron chi connectivity index (χ4n) is 7.73. The van der Waals surface area contributed by atoms with Gasteiger partial charge in [0, 0.05) is 34.9 Å². The zero-order valence-corrected chi connectivity index (χ0v) is 20.4. The van der Waals surface area contributed by atoms with Gasteiger partial charge in [0.2, 0.25) is 0 Å². The smallest absolute Gasteiger partial charge is 0.174 e. The Morgan fingerprint density at radius 3 is 2.79 bits per heavy atom. The second-order valence-corrected chi connectivity index (χ2v) is 11.1. The summed E-state index contributed by atoms with van der Waals surface area (Å²) in [6, 6.07) is 12.1. The fourth-order valence-corrected chi connectivity index (χ4v) is 7.73. The van der Waals surface area contributed by atoms with Gasteiger partial charge in [-0.05, 0) is 62.7 Å². The summed E-state index contributed by atoms with van der Waals surface area (Å²) < 4.78 is 6.43. The number of hydrogen-bond donors (Lipinski definition) is 2. The van der Waals surface area contributed by atoms with E-state index in [9.17, 15) is 15.0 Å². The average molecular weight is 462 g/mol. The number of piperidine rings is 1. The second-order valence-electron chi connectivity index (χ2n) is 11.1. The van der Waals surface area contributed by atoms with Gasteiger partial charge in [0.1, 0.15) is 0 Å². The third-order valence-electron chi connectivity index (χ3n) is 9.55. The molecule has 6 rings (SSSR count). The number of benzene rings is 2. The first-order valence-corrected chi connectivity index (χ1v) is 12.9. The summed E-state index contributed by atoms with van der Waals surface area (Å²) >= 11 is 0. The van der Waals surface area contributed by atoms with Gasteiger partial charge in [-0.15, -0.1) is 0 Å². The summed E-state index contributed by atoms with van der Waals surface area (Å²) in [5, 5.41) is 23.1. The van der Waals surface area contributed by atoms with Crippen molar-refractivity contribution in [2.75, 3.05) is 13.1 Å². The van der Waals surface area contributed by atoms with Gasteiger partial charge in [0.15, 0.2) is 23.4 Å². The Kier molecular flexibility index (Phi) is 4.92. The lowest BCUT2D eigenvalue weighted by atomic mass is 9.51. The summed E-state index contributed by atoms with van der Waals surface area (Å²) in [5.74, 6) is 0.816. The average Bonchev–Trinajstić information content (AvgIpc) is 3.19. The molecular formula is C29H35NO4. The van der Waals surface area contributed by atoms with Crippen molar-refractivity contribution in [2.24, 2.45) is 5.92 Å². The van der Waals surface area contributed by atoms with Crippen LogP contribution in [0.4, 0.5) is 0 Å². The summed E-state index contributed by atoms with van der Waals surface area (Å²) in [4.78, 5) is 15.8. The van der Waals surface area contributed by atoms with Gasteiger partial charge in [0.25, 0.3) is 0 Å². The van der Waals surface area contributed by atoms with Gasteiger partial charge in [-0.25, -0.2) is 0 Å². The molecule has 0 aromatic heterocycles. The summed E-state index contributed by atoms with van der Waals surface area (Å²) in [7, 11) is 0. The number of carbonyl (C=O) groups excluding carboxylic acids is 1. The molecule has 34 heavy (non-hydrogen) atoms. The first kappa shape index (κ1) is 22.1. The fraction of sp³-hybridized carbons (Fsp3) is 0.552. The minimum absolute atomic E-state index is 0.104. The Hall–Kier alpha value is -2.37. The number of aliphatic hydroxyl groups is 1. The summed E-state index contributed by atoms with van der Waals surface area (Å²) in [6.07, 6.45) is 3.91. The van der Waals surface area contributed by atoms with E-state index in [1.54, 1.807) is 0 Å². The molecule has 2 fully saturated rings. The maximum Gasteiger partial charge on any atom is 0.174 e. The molecule has 180 valence electrons. The molecule has 2 bridgehead atoms. The number of hydrogen-bond acceptors (Lipinski definition) is 5. The summed E-state index contributed by atoms with van der Waals surface area (Å²) in [5.41, 5.74) is 2.32. The molecule has 2 aliphatic heterocycles. The van der Waals surface area contributed by atoms with E-state index < -0.39 is 11.7 Å². The molecule has 0 amide bonds. The Balaban J connectivity index is 1.51. The minimum atomic E-state index is -1.17. The molecule has 5 heteroatoms. The number of rotatable bonds is 5. The highest BCUT2D eigenvalue weighted by atomic mass is 16.5. The Morgan fingerprint density at radius 2 is 2.06 bits per heavy atom. The van der Waals surface area contributed by atoms with Crippen molar-refractivity contribution in [1.29, 1.82) is 0 Å². The molecule has 0 radical (unpaired) electrons. The van der Waals surface area contributed by atoms with E-state index in [0.29, 0.717) is 29.7 Å². The molecule has 1 saturated carbocycles. The van der Waals surface area contributed by atoms with Gasteiger partial charge in [0.05, 0.1) is 5.60 Å². The molecule has 2 aromatic rings. The molecular weight excluding hydrogens is 426 g/mol. The van der Waals surface area contributed by atoms with Crippen LogP contribution in [0.3, 0.4) is 0 Å². The van der Waals surface area contributed by atoms with Crippen LogP contribution in [0.5, 0.6) is 11.5 Å². The van der Waals surface area contributed by atoms with E-state index in [-0.39, 0.29) is 22.9 Å². The van der Waals surface area contributed by atoms with Crippen molar-refractivity contribution in [3.05, 3.63) is 58.7 Å². The molecule has 4 aliphatic rings. The highest BCUT2D eigenvalue weighted by Gasteiger charge is 2.66. The number of carbonyl (C=O) groups is 1. The second kappa shape index (κ2) is 7.56.